The molecule has 0 bridgehead atoms. The molecule has 1 aromatic carbocycles. The molecule has 0 aliphatic carbocycles. The van der Waals surface area contributed by atoms with E-state index in [4.69, 9.17) is 5.73 Å². The number of para-hydroxylation sites is 1. The molecule has 3 heteroatoms. The molecule has 0 saturated carbocycles. The van der Waals surface area contributed by atoms with Gasteiger partial charge in [0.25, 0.3) is 0 Å². The summed E-state index contributed by atoms with van der Waals surface area (Å²) < 4.78 is 0. The highest BCUT2D eigenvalue weighted by atomic mass is 16.3. The first-order valence-electron chi connectivity index (χ1n) is 5.95. The third-order valence-corrected chi connectivity index (χ3v) is 3.29. The van der Waals surface area contributed by atoms with E-state index in [9.17, 15) is 5.11 Å². The van der Waals surface area contributed by atoms with Crippen LogP contribution in [0.25, 0.3) is 0 Å². The van der Waals surface area contributed by atoms with E-state index in [-0.39, 0.29) is 5.75 Å². The Balaban J connectivity index is 2.05. The number of hydrogen-bond acceptors (Lipinski definition) is 3. The standard InChI is InChI=1S/C13H20N2O/c1-10-4-3-7-15(8-10)9-11-5-2-6-12(14)13(11)16/h2,5-6,10,16H,3-4,7-9,14H2,1H3. The molecule has 1 heterocycles. The summed E-state index contributed by atoms with van der Waals surface area (Å²) in [5.41, 5.74) is 7.10. The number of anilines is 1. The lowest BCUT2D eigenvalue weighted by molar-refractivity contribution is 0.175. The first-order valence-corrected chi connectivity index (χ1v) is 5.95. The molecule has 0 radical (unpaired) electrons. The van der Waals surface area contributed by atoms with Gasteiger partial charge < -0.3 is 10.8 Å². The second-order valence-corrected chi connectivity index (χ2v) is 4.84. The number of benzene rings is 1. The van der Waals surface area contributed by atoms with Crippen LogP contribution >= 0.6 is 0 Å². The highest BCUT2D eigenvalue weighted by molar-refractivity contribution is 5.55. The average Bonchev–Trinajstić information content (AvgIpc) is 2.25. The monoisotopic (exact) mass is 220 g/mol. The minimum Gasteiger partial charge on any atom is -0.505 e. The molecule has 1 fully saturated rings. The van der Waals surface area contributed by atoms with Crippen molar-refractivity contribution in [2.75, 3.05) is 18.8 Å². The lowest BCUT2D eigenvalue weighted by Gasteiger charge is -2.31. The third kappa shape index (κ3) is 2.47. The Labute approximate surface area is 96.9 Å². The third-order valence-electron chi connectivity index (χ3n) is 3.29. The van der Waals surface area contributed by atoms with Crippen LogP contribution in [0.1, 0.15) is 25.3 Å². The molecule has 0 aromatic heterocycles. The average molecular weight is 220 g/mol. The van der Waals surface area contributed by atoms with Crippen LogP contribution < -0.4 is 5.73 Å². The van der Waals surface area contributed by atoms with Gasteiger partial charge in [-0.2, -0.15) is 0 Å². The molecule has 16 heavy (non-hydrogen) atoms. The number of nitrogens with two attached hydrogens (primary N) is 1. The highest BCUT2D eigenvalue weighted by Gasteiger charge is 2.17. The molecule has 1 aliphatic heterocycles. The van der Waals surface area contributed by atoms with Crippen molar-refractivity contribution in [3.63, 3.8) is 0 Å². The molecule has 3 nitrogen and oxygen atoms in total. The zero-order valence-corrected chi connectivity index (χ0v) is 9.82. The largest absolute Gasteiger partial charge is 0.505 e. The number of rotatable bonds is 2. The zero-order valence-electron chi connectivity index (χ0n) is 9.82. The van der Waals surface area contributed by atoms with E-state index < -0.39 is 0 Å². The molecule has 1 atom stereocenters. The van der Waals surface area contributed by atoms with Gasteiger partial charge in [-0.05, 0) is 31.4 Å². The van der Waals surface area contributed by atoms with Gasteiger partial charge in [0, 0.05) is 18.7 Å². The number of nitrogens with zero attached hydrogens (tertiary/aromatic N) is 1. The first kappa shape index (κ1) is 11.3. The van der Waals surface area contributed by atoms with E-state index in [1.165, 1.54) is 12.8 Å². The zero-order chi connectivity index (χ0) is 11.5. The Morgan fingerprint density at radius 3 is 3.06 bits per heavy atom. The number of hydrogen-bond donors (Lipinski definition) is 2. The Morgan fingerprint density at radius 2 is 2.31 bits per heavy atom. The summed E-state index contributed by atoms with van der Waals surface area (Å²) >= 11 is 0. The maximum Gasteiger partial charge on any atom is 0.142 e. The van der Waals surface area contributed by atoms with Gasteiger partial charge >= 0.3 is 0 Å². The molecule has 1 saturated heterocycles. The Bertz CT molecular complexity index is 365. The van der Waals surface area contributed by atoms with Crippen molar-refractivity contribution >= 4 is 5.69 Å². The maximum atomic E-state index is 9.84. The lowest BCUT2D eigenvalue weighted by atomic mass is 9.99. The number of phenolic OH excluding ortho intramolecular Hbond substituents is 1. The van der Waals surface area contributed by atoms with E-state index in [0.29, 0.717) is 5.69 Å². The summed E-state index contributed by atoms with van der Waals surface area (Å²) in [7, 11) is 0. The fourth-order valence-electron chi connectivity index (χ4n) is 2.41. The van der Waals surface area contributed by atoms with Crippen LogP contribution in [-0.4, -0.2) is 23.1 Å². The van der Waals surface area contributed by atoms with Crippen LogP contribution in [0.15, 0.2) is 18.2 Å². The number of likely N-dealkylation sites (tertiary alicyclic amines) is 1. The van der Waals surface area contributed by atoms with Gasteiger partial charge in [0.15, 0.2) is 0 Å². The van der Waals surface area contributed by atoms with Crippen molar-refractivity contribution in [2.24, 2.45) is 5.92 Å². The molecule has 0 spiro atoms. The number of phenols is 1. The summed E-state index contributed by atoms with van der Waals surface area (Å²) in [5.74, 6) is 1.01. The van der Waals surface area contributed by atoms with Gasteiger partial charge in [-0.15, -0.1) is 0 Å². The molecule has 1 aliphatic rings. The van der Waals surface area contributed by atoms with Gasteiger partial charge in [0.05, 0.1) is 5.69 Å². The number of aromatic hydroxyl groups is 1. The van der Waals surface area contributed by atoms with E-state index >= 15 is 0 Å². The molecular weight excluding hydrogens is 200 g/mol. The summed E-state index contributed by atoms with van der Waals surface area (Å²) in [6.07, 6.45) is 2.57. The molecule has 2 rings (SSSR count). The Morgan fingerprint density at radius 1 is 1.50 bits per heavy atom. The molecule has 3 N–H and O–H groups in total. The molecule has 1 aromatic rings. The van der Waals surface area contributed by atoms with Crippen LogP contribution in [0.3, 0.4) is 0 Å². The molecular formula is C13H20N2O. The van der Waals surface area contributed by atoms with Gasteiger partial charge in [-0.25, -0.2) is 0 Å². The Hall–Kier alpha value is -1.22. The van der Waals surface area contributed by atoms with Crippen LogP contribution in [0, 0.1) is 5.92 Å². The molecule has 88 valence electrons. The number of piperidine rings is 1. The van der Waals surface area contributed by atoms with Gasteiger partial charge in [-0.3, -0.25) is 4.90 Å². The van der Waals surface area contributed by atoms with Crippen molar-refractivity contribution in [2.45, 2.75) is 26.3 Å². The minimum atomic E-state index is 0.251. The van der Waals surface area contributed by atoms with Crippen LogP contribution in [0.2, 0.25) is 0 Å². The second-order valence-electron chi connectivity index (χ2n) is 4.84. The van der Waals surface area contributed by atoms with Crippen molar-refractivity contribution in [1.82, 2.24) is 4.90 Å². The van der Waals surface area contributed by atoms with Gasteiger partial charge in [0.1, 0.15) is 5.75 Å². The van der Waals surface area contributed by atoms with E-state index in [1.54, 1.807) is 6.07 Å². The SMILES string of the molecule is CC1CCCN(Cc2cccc(N)c2O)C1. The minimum absolute atomic E-state index is 0.251. The second kappa shape index (κ2) is 4.74. The molecule has 1 unspecified atom stereocenters. The van der Waals surface area contributed by atoms with Crippen molar-refractivity contribution in [3.8, 4) is 5.75 Å². The van der Waals surface area contributed by atoms with E-state index in [0.717, 1.165) is 31.1 Å². The fraction of sp³-hybridized carbons (Fsp3) is 0.538. The van der Waals surface area contributed by atoms with Crippen LogP contribution in [0.4, 0.5) is 5.69 Å². The molecule has 0 amide bonds. The maximum absolute atomic E-state index is 9.84. The summed E-state index contributed by atoms with van der Waals surface area (Å²) in [4.78, 5) is 2.39. The topological polar surface area (TPSA) is 49.5 Å². The highest BCUT2D eigenvalue weighted by Crippen LogP contribution is 2.27. The summed E-state index contributed by atoms with van der Waals surface area (Å²) in [5, 5.41) is 9.84. The first-order chi connectivity index (χ1) is 7.66. The van der Waals surface area contributed by atoms with Gasteiger partial charge in [0.2, 0.25) is 0 Å². The predicted molar refractivity (Wildman–Crippen MR) is 66.2 cm³/mol. The lowest BCUT2D eigenvalue weighted by Crippen LogP contribution is -2.33. The summed E-state index contributed by atoms with van der Waals surface area (Å²) in [6.45, 7) is 5.33. The van der Waals surface area contributed by atoms with Crippen molar-refractivity contribution in [1.29, 1.82) is 0 Å². The van der Waals surface area contributed by atoms with Crippen LogP contribution in [-0.2, 0) is 6.54 Å². The van der Waals surface area contributed by atoms with Crippen molar-refractivity contribution in [3.05, 3.63) is 23.8 Å². The summed E-state index contributed by atoms with van der Waals surface area (Å²) in [6, 6.07) is 5.58. The number of nitrogen functional groups attached to an aromatic ring is 1. The fourth-order valence-corrected chi connectivity index (χ4v) is 2.41. The smallest absolute Gasteiger partial charge is 0.142 e. The quantitative estimate of drug-likeness (QED) is 0.593. The van der Waals surface area contributed by atoms with Crippen LogP contribution in [0.5, 0.6) is 5.75 Å². The Kier molecular flexibility index (Phi) is 3.34. The van der Waals surface area contributed by atoms with E-state index in [2.05, 4.69) is 11.8 Å². The van der Waals surface area contributed by atoms with E-state index in [1.807, 2.05) is 12.1 Å². The normalized spacial score (nSPS) is 22.2. The van der Waals surface area contributed by atoms with Crippen molar-refractivity contribution < 1.29 is 5.11 Å². The predicted octanol–water partition coefficient (Wildman–Crippen LogP) is 2.21. The van der Waals surface area contributed by atoms with Gasteiger partial charge in [-0.1, -0.05) is 19.1 Å².